The molecule has 0 heterocycles. The van der Waals surface area contributed by atoms with Crippen LogP contribution in [0.5, 0.6) is 0 Å². The maximum atomic E-state index is 9.47. The molecule has 0 fully saturated rings. The van der Waals surface area contributed by atoms with E-state index in [2.05, 4.69) is 36.9 Å². The maximum absolute atomic E-state index is 9.47. The number of rotatable bonds is 3. The van der Waals surface area contributed by atoms with Crippen LogP contribution in [0.4, 0.5) is 0 Å². The van der Waals surface area contributed by atoms with E-state index in [0.29, 0.717) is 0 Å². The summed E-state index contributed by atoms with van der Waals surface area (Å²) in [5.41, 5.74) is 13.6. The van der Waals surface area contributed by atoms with Gasteiger partial charge in [-0.3, -0.25) is 14.4 Å². The summed E-state index contributed by atoms with van der Waals surface area (Å²) in [5, 5.41) is 0. The van der Waals surface area contributed by atoms with Gasteiger partial charge in [0.05, 0.1) is 0 Å². The lowest BCUT2D eigenvalue weighted by Gasteiger charge is -1.65. The number of hydrogen-bond donors (Lipinski definition) is 3. The number of nitrogens with zero attached hydrogens (tertiary/aromatic N) is 1. The minimum atomic E-state index is -0.481. The fourth-order valence-electron chi connectivity index (χ4n) is 0. The summed E-state index contributed by atoms with van der Waals surface area (Å²) < 4.78 is 0. The maximum Gasteiger partial charge on any atom is 0.240 e. The van der Waals surface area contributed by atoms with Crippen molar-refractivity contribution < 1.29 is 14.4 Å². The van der Waals surface area contributed by atoms with Crippen molar-refractivity contribution in [2.75, 3.05) is 0 Å². The van der Waals surface area contributed by atoms with E-state index < -0.39 is 17.7 Å². The van der Waals surface area contributed by atoms with Gasteiger partial charge in [0.25, 0.3) is 0 Å². The van der Waals surface area contributed by atoms with Gasteiger partial charge in [-0.15, -0.1) is 0 Å². The van der Waals surface area contributed by atoms with Crippen molar-refractivity contribution in [3.05, 3.63) is 38.0 Å². The first-order valence-electron chi connectivity index (χ1n) is 3.57. The number of hydrogen-bond acceptors (Lipinski definition) is 3. The van der Waals surface area contributed by atoms with Crippen molar-refractivity contribution in [2.45, 2.75) is 0 Å². The van der Waals surface area contributed by atoms with Crippen molar-refractivity contribution in [3.8, 4) is 0 Å². The Bertz CT molecular complexity index is 219. The summed E-state index contributed by atoms with van der Waals surface area (Å²) in [4.78, 5) is 28.4. The second-order valence-corrected chi connectivity index (χ2v) is 1.82. The van der Waals surface area contributed by atoms with E-state index in [1.165, 1.54) is 0 Å². The summed E-state index contributed by atoms with van der Waals surface area (Å²) >= 11 is 0. The first-order chi connectivity index (χ1) is 6.81. The van der Waals surface area contributed by atoms with Crippen molar-refractivity contribution >= 4 is 17.7 Å². The summed E-state index contributed by atoms with van der Waals surface area (Å²) in [5.74, 6) is -1.44. The highest BCUT2D eigenvalue weighted by Gasteiger charge is 1.70. The molecule has 6 N–H and O–H groups in total. The van der Waals surface area contributed by atoms with Crippen LogP contribution < -0.4 is 23.4 Å². The third-order valence-corrected chi connectivity index (χ3v) is 0.604. The smallest absolute Gasteiger partial charge is 0.240 e. The Morgan fingerprint density at radius 3 is 0.750 bits per heavy atom. The Kier molecular flexibility index (Phi) is 26.9. The fourth-order valence-corrected chi connectivity index (χ4v) is 0. The second kappa shape index (κ2) is 18.4. The molecule has 0 rings (SSSR count). The van der Waals surface area contributed by atoms with Crippen molar-refractivity contribution in [2.24, 2.45) is 17.2 Å². The first kappa shape index (κ1) is 23.4. The number of primary amides is 3. The largest absolute Gasteiger partial charge is 0.366 e. The van der Waals surface area contributed by atoms with E-state index in [9.17, 15) is 14.4 Å². The highest BCUT2D eigenvalue weighted by atomic mass is 16.1. The molecule has 0 aliphatic carbocycles. The second-order valence-electron chi connectivity index (χ2n) is 1.82. The molecule has 16 heavy (non-hydrogen) atoms. The molecular weight excluding hydrogens is 212 g/mol. The van der Waals surface area contributed by atoms with Gasteiger partial charge in [-0.2, -0.15) is 0 Å². The predicted octanol–water partition coefficient (Wildman–Crippen LogP) is -1.51. The Hall–Kier alpha value is -2.41. The van der Waals surface area contributed by atoms with Gasteiger partial charge in [-0.1, -0.05) is 19.7 Å². The van der Waals surface area contributed by atoms with Gasteiger partial charge >= 0.3 is 0 Å². The molecule has 89 valence electrons. The average Bonchev–Trinajstić information content (AvgIpc) is 2.19. The first-order valence-corrected chi connectivity index (χ1v) is 3.57. The van der Waals surface area contributed by atoms with Crippen LogP contribution in [0, 0.1) is 0 Å². The third kappa shape index (κ3) is 101. The van der Waals surface area contributed by atoms with Crippen LogP contribution in [0.15, 0.2) is 38.0 Å². The summed E-state index contributed by atoms with van der Waals surface area (Å²) in [6, 6.07) is 0. The zero-order valence-electron chi connectivity index (χ0n) is 8.76. The summed E-state index contributed by atoms with van der Waals surface area (Å²) in [6.45, 7) is 9.26. The van der Waals surface area contributed by atoms with Gasteiger partial charge in [0, 0.05) is 6.15 Å². The van der Waals surface area contributed by atoms with Gasteiger partial charge < -0.3 is 17.2 Å². The van der Waals surface area contributed by atoms with Gasteiger partial charge in [0.1, 0.15) is 0 Å². The lowest BCUT2D eigenvalue weighted by molar-refractivity contribution is -0.114. The van der Waals surface area contributed by atoms with Crippen LogP contribution in [-0.2, 0) is 14.4 Å². The van der Waals surface area contributed by atoms with E-state index in [0.717, 1.165) is 18.2 Å². The van der Waals surface area contributed by atoms with Crippen molar-refractivity contribution in [3.63, 3.8) is 0 Å². The highest BCUT2D eigenvalue weighted by Crippen LogP contribution is 1.49. The molecule has 0 aromatic heterocycles. The molecule has 7 nitrogen and oxygen atoms in total. The van der Waals surface area contributed by atoms with Crippen LogP contribution in [0.25, 0.3) is 0 Å². The lowest BCUT2D eigenvalue weighted by atomic mass is 10.6. The fraction of sp³-hybridized carbons (Fsp3) is 0. The monoisotopic (exact) mass is 227 g/mol. The lowest BCUT2D eigenvalue weighted by Crippen LogP contribution is -2.04. The number of carbonyl (C=O) groups excluding carboxylic acids is 3. The standard InChI is InChI=1S/3C3H5NO.N/c3*1-2-3(4)5;/h3*2H,1H2,(H2,4,5);. The van der Waals surface area contributed by atoms with Gasteiger partial charge in [0.15, 0.2) is 0 Å². The topological polar surface area (TPSA) is 160 Å². The van der Waals surface area contributed by atoms with Crippen molar-refractivity contribution in [1.29, 1.82) is 0 Å². The summed E-state index contributed by atoms with van der Waals surface area (Å²) in [7, 11) is 0. The number of carbonyl (C=O) groups is 3. The number of amides is 3. The van der Waals surface area contributed by atoms with Gasteiger partial charge in [-0.05, 0) is 18.2 Å². The quantitative estimate of drug-likeness (QED) is 0.501. The van der Waals surface area contributed by atoms with Crippen LogP contribution in [0.3, 0.4) is 0 Å². The SMILES string of the molecule is C=CC(N)=O.C=CC(N)=O.C=CC(N)=O.[N]. The zero-order chi connectivity index (χ0) is 12.9. The van der Waals surface area contributed by atoms with Gasteiger partial charge in [0.2, 0.25) is 17.7 Å². The van der Waals surface area contributed by atoms with E-state index in [-0.39, 0.29) is 6.15 Å². The van der Waals surface area contributed by atoms with E-state index in [1.54, 1.807) is 0 Å². The molecule has 0 spiro atoms. The van der Waals surface area contributed by atoms with Crippen LogP contribution in [0.1, 0.15) is 0 Å². The number of nitrogens with two attached hydrogens (primary N) is 3. The van der Waals surface area contributed by atoms with Crippen molar-refractivity contribution in [1.82, 2.24) is 6.15 Å². The predicted molar refractivity (Wildman–Crippen MR) is 60.3 cm³/mol. The molecule has 0 atom stereocenters. The average molecular weight is 227 g/mol. The highest BCUT2D eigenvalue weighted by molar-refractivity contribution is 5.85. The van der Waals surface area contributed by atoms with E-state index in [1.807, 2.05) is 0 Å². The Morgan fingerprint density at radius 1 is 0.688 bits per heavy atom. The normalized spacial score (nSPS) is 6.00. The molecule has 0 saturated carbocycles. The van der Waals surface area contributed by atoms with Gasteiger partial charge in [-0.25, -0.2) is 0 Å². The molecule has 0 bridgehead atoms. The molecular formula is C9H15N4O3. The molecule has 7 heteroatoms. The molecule has 0 aromatic rings. The Morgan fingerprint density at radius 2 is 0.750 bits per heavy atom. The van der Waals surface area contributed by atoms with E-state index >= 15 is 0 Å². The molecule has 0 aliphatic heterocycles. The summed E-state index contributed by atoms with van der Waals surface area (Å²) in [6.07, 6.45) is 3.17. The molecule has 3 radical (unpaired) electrons. The van der Waals surface area contributed by atoms with Crippen LogP contribution in [-0.4, -0.2) is 17.7 Å². The van der Waals surface area contributed by atoms with Crippen LogP contribution >= 0.6 is 0 Å². The molecule has 3 amide bonds. The Labute approximate surface area is 94.2 Å². The van der Waals surface area contributed by atoms with Crippen LogP contribution in [0.2, 0.25) is 0 Å². The third-order valence-electron chi connectivity index (χ3n) is 0.604. The molecule has 0 saturated heterocycles. The zero-order valence-corrected chi connectivity index (χ0v) is 8.76. The minimum absolute atomic E-state index is 0. The minimum Gasteiger partial charge on any atom is -0.366 e. The Balaban J connectivity index is -0.0000000655. The molecule has 0 unspecified atom stereocenters. The molecule has 0 aliphatic rings. The molecule has 0 aromatic carbocycles. The van der Waals surface area contributed by atoms with E-state index in [4.69, 9.17) is 0 Å².